The molecule has 0 unspecified atom stereocenters. The molecule has 1 aliphatic rings. The van der Waals surface area contributed by atoms with Crippen LogP contribution in [0.2, 0.25) is 0 Å². The van der Waals surface area contributed by atoms with Crippen LogP contribution in [0.3, 0.4) is 0 Å². The van der Waals surface area contributed by atoms with Crippen LogP contribution < -0.4 is 20.4 Å². The van der Waals surface area contributed by atoms with E-state index in [1.54, 1.807) is 0 Å². The van der Waals surface area contributed by atoms with Gasteiger partial charge in [-0.15, -0.1) is 0 Å². The average molecular weight is 363 g/mol. The molecule has 1 aromatic carbocycles. The number of hydrogen-bond acceptors (Lipinski definition) is 2. The minimum absolute atomic E-state index is 0.0684. The summed E-state index contributed by atoms with van der Waals surface area (Å²) in [6, 6.07) is 8.20. The van der Waals surface area contributed by atoms with Crippen molar-refractivity contribution in [3.8, 4) is 0 Å². The second-order valence-corrected chi connectivity index (χ2v) is 7.29. The molecule has 2 rings (SSSR count). The molecule has 2 amide bonds. The van der Waals surface area contributed by atoms with Gasteiger partial charge in [0, 0.05) is 11.7 Å². The van der Waals surface area contributed by atoms with E-state index in [0.717, 1.165) is 50.3 Å². The molecule has 1 aliphatic heterocycles. The largest absolute Gasteiger partial charge is 0.349 e. The Hall–Kier alpha value is -1.92. The quantitative estimate of drug-likeness (QED) is 0.474. The Balaban J connectivity index is 1.73. The van der Waals surface area contributed by atoms with Gasteiger partial charge in [0.25, 0.3) is 11.8 Å². The van der Waals surface area contributed by atoms with E-state index >= 15 is 0 Å². The number of carbonyl (C=O) groups excluding carboxylic acids is 2. The Morgan fingerprint density at radius 1 is 1.00 bits per heavy atom. The van der Waals surface area contributed by atoms with Crippen LogP contribution in [0.15, 0.2) is 24.3 Å². The van der Waals surface area contributed by atoms with Crippen LogP contribution in [-0.2, 0) is 16.0 Å². The summed E-state index contributed by atoms with van der Waals surface area (Å²) >= 11 is 0. The highest BCUT2D eigenvalue weighted by molar-refractivity contribution is 5.92. The molecule has 0 bridgehead atoms. The zero-order chi connectivity index (χ0) is 18.9. The molecule has 26 heavy (non-hydrogen) atoms. The summed E-state index contributed by atoms with van der Waals surface area (Å²) in [6.07, 6.45) is 1.86. The number of quaternary nitrogens is 2. The molecule has 1 fully saturated rings. The molecular weight excluding hydrogens is 328 g/mol. The van der Waals surface area contributed by atoms with E-state index in [-0.39, 0.29) is 17.9 Å². The molecule has 6 heteroatoms. The summed E-state index contributed by atoms with van der Waals surface area (Å²) in [5, 5.41) is 6.08. The number of benzene rings is 1. The van der Waals surface area contributed by atoms with Gasteiger partial charge < -0.3 is 20.4 Å². The van der Waals surface area contributed by atoms with Gasteiger partial charge in [-0.3, -0.25) is 9.59 Å². The normalized spacial score (nSPS) is 21.0. The van der Waals surface area contributed by atoms with Crippen molar-refractivity contribution in [1.82, 2.24) is 5.32 Å². The fourth-order valence-electron chi connectivity index (χ4n) is 3.34. The van der Waals surface area contributed by atoms with Gasteiger partial charge in [-0.2, -0.15) is 0 Å². The molecular formula is C20H34N4O2+2. The molecule has 1 atom stereocenters. The highest BCUT2D eigenvalue weighted by Crippen LogP contribution is 2.14. The minimum Gasteiger partial charge on any atom is -0.349 e. The van der Waals surface area contributed by atoms with E-state index in [1.165, 1.54) is 9.80 Å². The summed E-state index contributed by atoms with van der Waals surface area (Å²) < 4.78 is 0. The van der Waals surface area contributed by atoms with Gasteiger partial charge in [-0.05, 0) is 31.4 Å². The van der Waals surface area contributed by atoms with Gasteiger partial charge >= 0.3 is 0 Å². The minimum atomic E-state index is 0.0684. The number of rotatable bonds is 8. The van der Waals surface area contributed by atoms with Gasteiger partial charge in [0.1, 0.15) is 26.2 Å². The highest BCUT2D eigenvalue weighted by atomic mass is 16.2. The lowest BCUT2D eigenvalue weighted by Crippen LogP contribution is -3.28. The van der Waals surface area contributed by atoms with Crippen LogP contribution in [0.5, 0.6) is 0 Å². The number of hydrogen-bond donors (Lipinski definition) is 4. The third-order valence-electron chi connectivity index (χ3n) is 5.18. The molecule has 0 radical (unpaired) electrons. The summed E-state index contributed by atoms with van der Waals surface area (Å²) in [7, 11) is 0. The molecule has 1 saturated heterocycles. The fourth-order valence-corrected chi connectivity index (χ4v) is 3.34. The van der Waals surface area contributed by atoms with Gasteiger partial charge in [-0.1, -0.05) is 32.0 Å². The molecule has 6 nitrogen and oxygen atoms in total. The molecule has 144 valence electrons. The van der Waals surface area contributed by atoms with Crippen LogP contribution in [-0.4, -0.2) is 57.1 Å². The predicted octanol–water partition coefficient (Wildman–Crippen LogP) is -1.11. The highest BCUT2D eigenvalue weighted by Gasteiger charge is 2.26. The molecule has 0 spiro atoms. The van der Waals surface area contributed by atoms with Gasteiger partial charge in [0.05, 0.1) is 0 Å². The van der Waals surface area contributed by atoms with Gasteiger partial charge in [0.2, 0.25) is 0 Å². The summed E-state index contributed by atoms with van der Waals surface area (Å²) in [6.45, 7) is 10.9. The number of nitrogens with one attached hydrogen (secondary N) is 4. The third-order valence-corrected chi connectivity index (χ3v) is 5.18. The van der Waals surface area contributed by atoms with Crippen LogP contribution in [0.25, 0.3) is 0 Å². The zero-order valence-electron chi connectivity index (χ0n) is 16.4. The van der Waals surface area contributed by atoms with Crippen molar-refractivity contribution < 1.29 is 19.4 Å². The second kappa shape index (κ2) is 10.3. The lowest BCUT2D eigenvalue weighted by atomic mass is 10.1. The topological polar surface area (TPSA) is 67.1 Å². The van der Waals surface area contributed by atoms with E-state index in [0.29, 0.717) is 13.1 Å². The molecule has 0 aliphatic carbocycles. The maximum atomic E-state index is 12.4. The summed E-state index contributed by atoms with van der Waals surface area (Å²) in [5.41, 5.74) is 2.09. The predicted molar refractivity (Wildman–Crippen MR) is 103 cm³/mol. The van der Waals surface area contributed by atoms with E-state index < -0.39 is 0 Å². The van der Waals surface area contributed by atoms with E-state index in [9.17, 15) is 9.59 Å². The molecule has 4 N–H and O–H groups in total. The maximum absolute atomic E-state index is 12.4. The number of anilines is 1. The van der Waals surface area contributed by atoms with Crippen molar-refractivity contribution in [3.63, 3.8) is 0 Å². The van der Waals surface area contributed by atoms with Crippen molar-refractivity contribution in [3.05, 3.63) is 29.8 Å². The number of amides is 2. The molecule has 0 aromatic heterocycles. The first-order chi connectivity index (χ1) is 12.5. The number of carbonyl (C=O) groups is 2. The fraction of sp³-hybridized carbons (Fsp3) is 0.600. The lowest BCUT2D eigenvalue weighted by Gasteiger charge is -2.29. The smallest absolute Gasteiger partial charge is 0.279 e. The van der Waals surface area contributed by atoms with Crippen molar-refractivity contribution in [2.75, 3.05) is 44.6 Å². The van der Waals surface area contributed by atoms with Crippen LogP contribution in [0, 0.1) is 0 Å². The van der Waals surface area contributed by atoms with Crippen molar-refractivity contribution >= 4 is 17.5 Å². The standard InChI is InChI=1S/C20H32N4O2/c1-4-16(3)21-19(25)14-23-10-12-24(13-11-23)15-20(26)22-18-9-7-6-8-17(18)5-2/h6-9,16H,4-5,10-15H2,1-3H3,(H,21,25)(H,22,26)/p+2/t16-/m0/s1. The van der Waals surface area contributed by atoms with Crippen LogP contribution >= 0.6 is 0 Å². The molecule has 1 aromatic rings. The zero-order valence-corrected chi connectivity index (χ0v) is 16.4. The van der Waals surface area contributed by atoms with E-state index in [4.69, 9.17) is 0 Å². The van der Waals surface area contributed by atoms with Gasteiger partial charge in [-0.25, -0.2) is 0 Å². The first kappa shape index (κ1) is 20.4. The second-order valence-electron chi connectivity index (χ2n) is 7.29. The lowest BCUT2D eigenvalue weighted by molar-refractivity contribution is -1.00. The monoisotopic (exact) mass is 362 g/mol. The van der Waals surface area contributed by atoms with Crippen LogP contribution in [0.1, 0.15) is 32.8 Å². The summed E-state index contributed by atoms with van der Waals surface area (Å²) in [4.78, 5) is 27.0. The number of aryl methyl sites for hydroxylation is 1. The summed E-state index contributed by atoms with van der Waals surface area (Å²) in [5.74, 6) is 0.200. The van der Waals surface area contributed by atoms with Crippen LogP contribution in [0.4, 0.5) is 5.69 Å². The Morgan fingerprint density at radius 2 is 1.58 bits per heavy atom. The molecule has 0 saturated carbocycles. The Bertz CT molecular complexity index is 597. The first-order valence-electron chi connectivity index (χ1n) is 9.86. The third kappa shape index (κ3) is 6.42. The van der Waals surface area contributed by atoms with Crippen molar-refractivity contribution in [2.24, 2.45) is 0 Å². The number of piperazine rings is 1. The average Bonchev–Trinajstić information content (AvgIpc) is 2.63. The van der Waals surface area contributed by atoms with Crippen molar-refractivity contribution in [1.29, 1.82) is 0 Å². The first-order valence-corrected chi connectivity index (χ1v) is 9.86. The number of para-hydroxylation sites is 1. The van der Waals surface area contributed by atoms with E-state index in [2.05, 4.69) is 30.5 Å². The Kier molecular flexibility index (Phi) is 8.06. The maximum Gasteiger partial charge on any atom is 0.279 e. The van der Waals surface area contributed by atoms with E-state index in [1.807, 2.05) is 25.1 Å². The SMILES string of the molecule is CCc1ccccc1NC(=O)C[NH+]1CC[NH+](CC(=O)N[C@@H](C)CC)CC1. The van der Waals surface area contributed by atoms with Gasteiger partial charge in [0.15, 0.2) is 13.1 Å². The molecule has 1 heterocycles. The Labute approximate surface area is 156 Å². The van der Waals surface area contributed by atoms with Crippen molar-refractivity contribution in [2.45, 2.75) is 39.7 Å². The Morgan fingerprint density at radius 3 is 2.15 bits per heavy atom.